The zero-order valence-electron chi connectivity index (χ0n) is 22.9. The number of hydrogen-bond acceptors (Lipinski definition) is 8. The second-order valence-electron chi connectivity index (χ2n) is 10.1. The molecule has 1 atom stereocenters. The molecule has 9 nitrogen and oxygen atoms in total. The summed E-state index contributed by atoms with van der Waals surface area (Å²) in [5, 5.41) is 13.4. The number of nitrogens with zero attached hydrogens (tertiary/aromatic N) is 5. The van der Waals surface area contributed by atoms with Crippen molar-refractivity contribution in [3.05, 3.63) is 65.8 Å². The van der Waals surface area contributed by atoms with Gasteiger partial charge in [0, 0.05) is 50.7 Å². The van der Waals surface area contributed by atoms with Gasteiger partial charge in [0.1, 0.15) is 5.52 Å². The highest BCUT2D eigenvalue weighted by molar-refractivity contribution is 5.89. The zero-order valence-corrected chi connectivity index (χ0v) is 22.9. The minimum Gasteiger partial charge on any atom is -0.394 e. The Morgan fingerprint density at radius 1 is 1.21 bits per heavy atom. The summed E-state index contributed by atoms with van der Waals surface area (Å²) in [4.78, 5) is 28.5. The number of rotatable bonds is 15. The lowest BCUT2D eigenvalue weighted by Gasteiger charge is -2.29. The number of aliphatic hydroxyl groups excluding tert-OH is 1. The van der Waals surface area contributed by atoms with Crippen LogP contribution in [0.5, 0.6) is 0 Å². The van der Waals surface area contributed by atoms with Crippen molar-refractivity contribution in [2.24, 2.45) is 7.05 Å². The lowest BCUT2D eigenvalue weighted by atomic mass is 9.96. The molecule has 3 aromatic rings. The van der Waals surface area contributed by atoms with Crippen molar-refractivity contribution in [2.45, 2.75) is 58.0 Å². The monoisotopic (exact) mass is 519 g/mol. The number of aryl methyl sites for hydroxylation is 1. The molecule has 0 fully saturated rings. The molecule has 0 saturated carbocycles. The summed E-state index contributed by atoms with van der Waals surface area (Å²) < 4.78 is 1.60. The third-order valence-electron chi connectivity index (χ3n) is 6.72. The fourth-order valence-corrected chi connectivity index (χ4v) is 4.44. The van der Waals surface area contributed by atoms with Gasteiger partial charge in [-0.25, -0.2) is 4.98 Å². The first kappa shape index (κ1) is 29.0. The topological polar surface area (TPSA) is 122 Å². The summed E-state index contributed by atoms with van der Waals surface area (Å²) in [6.07, 6.45) is 11.9. The van der Waals surface area contributed by atoms with Crippen LogP contribution < -0.4 is 16.6 Å². The number of anilines is 2. The van der Waals surface area contributed by atoms with E-state index in [2.05, 4.69) is 40.3 Å². The second kappa shape index (κ2) is 13.3. The van der Waals surface area contributed by atoms with E-state index < -0.39 is 5.54 Å². The molecule has 3 heterocycles. The normalized spacial score (nSPS) is 13.0. The number of unbranched alkanes of at least 4 members (excludes halogenated alkanes) is 1. The number of aromatic nitrogens is 4. The van der Waals surface area contributed by atoms with E-state index in [1.54, 1.807) is 23.9 Å². The summed E-state index contributed by atoms with van der Waals surface area (Å²) >= 11 is 0. The Bertz CT molecular complexity index is 1310. The van der Waals surface area contributed by atoms with Gasteiger partial charge in [-0.05, 0) is 43.4 Å². The van der Waals surface area contributed by atoms with Crippen molar-refractivity contribution in [1.29, 1.82) is 0 Å². The zero-order chi connectivity index (χ0) is 27.7. The first-order valence-electron chi connectivity index (χ1n) is 13.2. The van der Waals surface area contributed by atoms with Gasteiger partial charge in [0.15, 0.2) is 5.82 Å². The standard InChI is InChI=1S/C29H41N7O2/c1-6-9-12-29(4,20-37)34-27-26-24(32-28(30)33-27)15-21(17-31-26)23-16-25(38)35(5)18-22(23)19-36(13-10-7-2)14-11-8-3/h7-8,15-18,37H,2-3,6,9-14,19-20H2,1,4-5H3,(H3,30,32,33,34)/t29-/m1/s1. The van der Waals surface area contributed by atoms with Crippen molar-refractivity contribution in [1.82, 2.24) is 24.4 Å². The van der Waals surface area contributed by atoms with E-state index in [-0.39, 0.29) is 18.1 Å². The molecule has 0 spiro atoms. The van der Waals surface area contributed by atoms with Crippen LogP contribution in [-0.4, -0.2) is 54.8 Å². The molecule has 4 N–H and O–H groups in total. The van der Waals surface area contributed by atoms with E-state index in [0.29, 0.717) is 23.4 Å². The third kappa shape index (κ3) is 7.26. The van der Waals surface area contributed by atoms with E-state index in [0.717, 1.165) is 61.9 Å². The van der Waals surface area contributed by atoms with Gasteiger partial charge in [-0.3, -0.25) is 14.7 Å². The first-order valence-corrected chi connectivity index (χ1v) is 13.2. The quantitative estimate of drug-likeness (QED) is 0.254. The van der Waals surface area contributed by atoms with Crippen LogP contribution in [0.25, 0.3) is 22.2 Å². The molecular weight excluding hydrogens is 478 g/mol. The highest BCUT2D eigenvalue weighted by Crippen LogP contribution is 2.30. The minimum atomic E-state index is -0.566. The molecule has 0 unspecified atom stereocenters. The maximum absolute atomic E-state index is 12.7. The van der Waals surface area contributed by atoms with E-state index in [1.165, 1.54) is 0 Å². The average Bonchev–Trinajstić information content (AvgIpc) is 2.90. The van der Waals surface area contributed by atoms with Crippen molar-refractivity contribution >= 4 is 22.8 Å². The molecule has 3 aromatic heterocycles. The average molecular weight is 520 g/mol. The van der Waals surface area contributed by atoms with Crippen LogP contribution >= 0.6 is 0 Å². The van der Waals surface area contributed by atoms with E-state index >= 15 is 0 Å². The summed E-state index contributed by atoms with van der Waals surface area (Å²) in [5.74, 6) is 0.592. The molecular formula is C29H41N7O2. The van der Waals surface area contributed by atoms with E-state index in [4.69, 9.17) is 10.7 Å². The highest BCUT2D eigenvalue weighted by atomic mass is 16.3. The van der Waals surface area contributed by atoms with Gasteiger partial charge in [0.25, 0.3) is 5.56 Å². The summed E-state index contributed by atoms with van der Waals surface area (Å²) in [7, 11) is 1.76. The first-order chi connectivity index (χ1) is 18.2. The van der Waals surface area contributed by atoms with Gasteiger partial charge in [-0.2, -0.15) is 4.98 Å². The van der Waals surface area contributed by atoms with Crippen LogP contribution in [-0.2, 0) is 13.6 Å². The van der Waals surface area contributed by atoms with Crippen LogP contribution in [0.1, 0.15) is 51.5 Å². The molecule has 0 saturated heterocycles. The minimum absolute atomic E-state index is 0.0542. The Kier molecular flexibility index (Phi) is 10.2. The molecule has 38 heavy (non-hydrogen) atoms. The Morgan fingerprint density at radius 3 is 2.55 bits per heavy atom. The Hall–Kier alpha value is -3.56. The molecule has 0 radical (unpaired) electrons. The molecule has 0 bridgehead atoms. The van der Waals surface area contributed by atoms with Crippen LogP contribution in [0.2, 0.25) is 0 Å². The molecule has 9 heteroatoms. The maximum atomic E-state index is 12.7. The Balaban J connectivity index is 2.05. The fraction of sp³-hybridized carbons (Fsp3) is 0.448. The molecule has 0 aliphatic heterocycles. The fourth-order valence-electron chi connectivity index (χ4n) is 4.44. The van der Waals surface area contributed by atoms with E-state index in [1.807, 2.05) is 31.3 Å². The van der Waals surface area contributed by atoms with Crippen molar-refractivity contribution in [2.75, 3.05) is 30.7 Å². The number of nitrogens with one attached hydrogen (secondary N) is 1. The smallest absolute Gasteiger partial charge is 0.250 e. The largest absolute Gasteiger partial charge is 0.394 e. The predicted octanol–water partition coefficient (Wildman–Crippen LogP) is 4.28. The highest BCUT2D eigenvalue weighted by Gasteiger charge is 2.25. The van der Waals surface area contributed by atoms with Gasteiger partial charge in [-0.15, -0.1) is 13.2 Å². The van der Waals surface area contributed by atoms with Crippen LogP contribution in [0.4, 0.5) is 11.8 Å². The van der Waals surface area contributed by atoms with Crippen LogP contribution in [0.15, 0.2) is 54.6 Å². The molecule has 204 valence electrons. The maximum Gasteiger partial charge on any atom is 0.250 e. The number of aliphatic hydroxyl groups is 1. The van der Waals surface area contributed by atoms with Gasteiger partial charge < -0.3 is 20.7 Å². The summed E-state index contributed by atoms with van der Waals surface area (Å²) in [6.45, 7) is 14.1. The summed E-state index contributed by atoms with van der Waals surface area (Å²) in [6, 6.07) is 3.54. The van der Waals surface area contributed by atoms with Gasteiger partial charge >= 0.3 is 0 Å². The second-order valence-corrected chi connectivity index (χ2v) is 10.1. The number of hydrogen-bond donors (Lipinski definition) is 3. The lowest BCUT2D eigenvalue weighted by molar-refractivity contribution is 0.212. The van der Waals surface area contributed by atoms with Crippen molar-refractivity contribution in [3.8, 4) is 11.1 Å². The number of nitrogens with two attached hydrogens (primary N) is 1. The Labute approximate surface area is 225 Å². The Morgan fingerprint density at radius 2 is 1.92 bits per heavy atom. The van der Waals surface area contributed by atoms with Gasteiger partial charge in [0.2, 0.25) is 5.95 Å². The third-order valence-corrected chi connectivity index (χ3v) is 6.72. The van der Waals surface area contributed by atoms with Crippen LogP contribution in [0, 0.1) is 0 Å². The molecule has 0 aliphatic rings. The molecule has 3 rings (SSSR count). The van der Waals surface area contributed by atoms with Gasteiger partial charge in [-0.1, -0.05) is 31.9 Å². The SMILES string of the molecule is C=CCCN(CCC=C)Cc1cn(C)c(=O)cc1-c1cnc2c(N[C@@](C)(CO)CCCC)nc(N)nc2c1. The predicted molar refractivity (Wildman–Crippen MR) is 156 cm³/mol. The number of nitrogen functional groups attached to an aromatic ring is 1. The number of fused-ring (bicyclic) bond motifs is 1. The van der Waals surface area contributed by atoms with Gasteiger partial charge in [0.05, 0.1) is 17.7 Å². The lowest BCUT2D eigenvalue weighted by Crippen LogP contribution is -2.39. The van der Waals surface area contributed by atoms with Crippen molar-refractivity contribution < 1.29 is 5.11 Å². The van der Waals surface area contributed by atoms with Crippen molar-refractivity contribution in [3.63, 3.8) is 0 Å². The van der Waals surface area contributed by atoms with E-state index in [9.17, 15) is 9.90 Å². The molecule has 0 amide bonds. The number of pyridine rings is 2. The molecule has 0 aromatic carbocycles. The van der Waals surface area contributed by atoms with Crippen LogP contribution in [0.3, 0.4) is 0 Å². The molecule has 0 aliphatic carbocycles. The summed E-state index contributed by atoms with van der Waals surface area (Å²) in [5.41, 5.74) is 9.12.